The topological polar surface area (TPSA) is 61.6 Å². The van der Waals surface area contributed by atoms with Crippen LogP contribution < -0.4 is 9.47 Å². The zero-order valence-electron chi connectivity index (χ0n) is 8.02. The van der Waals surface area contributed by atoms with Crippen LogP contribution in [0.25, 0.3) is 0 Å². The second kappa shape index (κ2) is 4.45. The molecule has 0 unspecified atom stereocenters. The second-order valence-electron chi connectivity index (χ2n) is 2.53. The van der Waals surface area contributed by atoms with E-state index in [9.17, 15) is 10.1 Å². The van der Waals surface area contributed by atoms with Gasteiger partial charge < -0.3 is 9.47 Å². The quantitative estimate of drug-likeness (QED) is 0.547. The van der Waals surface area contributed by atoms with Gasteiger partial charge in [0.25, 0.3) is 5.69 Å². The Bertz CT molecular complexity index is 338. The van der Waals surface area contributed by atoms with Gasteiger partial charge in [0, 0.05) is 6.07 Å². The molecule has 0 bridgehead atoms. The van der Waals surface area contributed by atoms with E-state index in [1.807, 2.05) is 0 Å². The monoisotopic (exact) mass is 197 g/mol. The van der Waals surface area contributed by atoms with Crippen LogP contribution in [-0.4, -0.2) is 18.6 Å². The largest absolute Gasteiger partial charge is 0.493 e. The van der Waals surface area contributed by atoms with Crippen LogP contribution in [0.1, 0.15) is 6.92 Å². The molecule has 14 heavy (non-hydrogen) atoms. The van der Waals surface area contributed by atoms with Crippen LogP contribution in [0.15, 0.2) is 18.2 Å². The first-order chi connectivity index (χ1) is 6.69. The molecule has 0 saturated carbocycles. The highest BCUT2D eigenvalue weighted by atomic mass is 16.6. The molecule has 0 heterocycles. The van der Waals surface area contributed by atoms with Gasteiger partial charge in [0.15, 0.2) is 11.5 Å². The van der Waals surface area contributed by atoms with Gasteiger partial charge in [0.05, 0.1) is 24.7 Å². The molecule has 0 amide bonds. The molecule has 5 heteroatoms. The summed E-state index contributed by atoms with van der Waals surface area (Å²) >= 11 is 0. The maximum Gasteiger partial charge on any atom is 0.273 e. The maximum atomic E-state index is 10.5. The van der Waals surface area contributed by atoms with Crippen LogP contribution in [-0.2, 0) is 0 Å². The number of nitro groups is 1. The lowest BCUT2D eigenvalue weighted by Crippen LogP contribution is -1.96. The van der Waals surface area contributed by atoms with E-state index in [-0.39, 0.29) is 5.69 Å². The SMILES string of the molecule is CCOc1cc([N+](=O)[O-])ccc1OC. The summed E-state index contributed by atoms with van der Waals surface area (Å²) in [5, 5.41) is 10.5. The minimum absolute atomic E-state index is 0.00532. The smallest absolute Gasteiger partial charge is 0.273 e. The normalized spacial score (nSPS) is 9.57. The molecule has 0 atom stereocenters. The lowest BCUT2D eigenvalue weighted by atomic mass is 10.3. The fourth-order valence-corrected chi connectivity index (χ4v) is 1.05. The van der Waals surface area contributed by atoms with Crippen molar-refractivity contribution in [2.75, 3.05) is 13.7 Å². The fourth-order valence-electron chi connectivity index (χ4n) is 1.05. The summed E-state index contributed by atoms with van der Waals surface area (Å²) in [6.07, 6.45) is 0. The Hall–Kier alpha value is -1.78. The van der Waals surface area contributed by atoms with Crippen molar-refractivity contribution in [2.45, 2.75) is 6.92 Å². The number of ether oxygens (including phenoxy) is 2. The molecule has 1 aromatic carbocycles. The van der Waals surface area contributed by atoms with E-state index in [0.717, 1.165) is 0 Å². The lowest BCUT2D eigenvalue weighted by molar-refractivity contribution is -0.385. The molecule has 0 fully saturated rings. The van der Waals surface area contributed by atoms with Crippen LogP contribution in [0.5, 0.6) is 11.5 Å². The van der Waals surface area contributed by atoms with Crippen molar-refractivity contribution < 1.29 is 14.4 Å². The molecular weight excluding hydrogens is 186 g/mol. The van der Waals surface area contributed by atoms with Gasteiger partial charge in [-0.3, -0.25) is 10.1 Å². The summed E-state index contributed by atoms with van der Waals surface area (Å²) in [6.45, 7) is 2.25. The van der Waals surface area contributed by atoms with E-state index < -0.39 is 4.92 Å². The van der Waals surface area contributed by atoms with Crippen molar-refractivity contribution in [2.24, 2.45) is 0 Å². The Morgan fingerprint density at radius 2 is 2.14 bits per heavy atom. The molecule has 0 radical (unpaired) electrons. The molecule has 1 aromatic rings. The summed E-state index contributed by atoms with van der Waals surface area (Å²) in [7, 11) is 1.49. The average Bonchev–Trinajstić information content (AvgIpc) is 2.18. The second-order valence-corrected chi connectivity index (χ2v) is 2.53. The number of benzene rings is 1. The van der Waals surface area contributed by atoms with E-state index >= 15 is 0 Å². The van der Waals surface area contributed by atoms with Crippen molar-refractivity contribution in [3.63, 3.8) is 0 Å². The van der Waals surface area contributed by atoms with Gasteiger partial charge >= 0.3 is 0 Å². The summed E-state index contributed by atoms with van der Waals surface area (Å²) in [5.74, 6) is 0.890. The standard InChI is InChI=1S/C9H11NO4/c1-3-14-9-6-7(10(11)12)4-5-8(9)13-2/h4-6H,3H2,1-2H3. The van der Waals surface area contributed by atoms with Crippen LogP contribution >= 0.6 is 0 Å². The number of nitro benzene ring substituents is 1. The molecule has 0 saturated heterocycles. The number of methoxy groups -OCH3 is 1. The van der Waals surface area contributed by atoms with E-state index in [4.69, 9.17) is 9.47 Å². The van der Waals surface area contributed by atoms with Gasteiger partial charge in [-0.15, -0.1) is 0 Å². The third-order valence-electron chi connectivity index (χ3n) is 1.66. The molecule has 5 nitrogen and oxygen atoms in total. The molecule has 1 rings (SSSR count). The Morgan fingerprint density at radius 3 is 2.64 bits per heavy atom. The first-order valence-corrected chi connectivity index (χ1v) is 4.14. The van der Waals surface area contributed by atoms with Crippen LogP contribution in [0.4, 0.5) is 5.69 Å². The Balaban J connectivity index is 3.07. The highest BCUT2D eigenvalue weighted by molar-refractivity contribution is 5.48. The van der Waals surface area contributed by atoms with Gasteiger partial charge in [-0.2, -0.15) is 0 Å². The van der Waals surface area contributed by atoms with Crippen molar-refractivity contribution >= 4 is 5.69 Å². The Kier molecular flexibility index (Phi) is 3.28. The van der Waals surface area contributed by atoms with E-state index in [0.29, 0.717) is 18.1 Å². The molecule has 0 aromatic heterocycles. The van der Waals surface area contributed by atoms with Gasteiger partial charge in [0.2, 0.25) is 0 Å². The summed E-state index contributed by atoms with van der Waals surface area (Å²) < 4.78 is 10.2. The van der Waals surface area contributed by atoms with Gasteiger partial charge in [-0.1, -0.05) is 0 Å². The summed E-state index contributed by atoms with van der Waals surface area (Å²) in [4.78, 5) is 10.00. The molecule has 0 aliphatic rings. The van der Waals surface area contributed by atoms with Crippen LogP contribution in [0.3, 0.4) is 0 Å². The first-order valence-electron chi connectivity index (χ1n) is 4.14. The number of non-ortho nitro benzene ring substituents is 1. The Morgan fingerprint density at radius 1 is 1.43 bits per heavy atom. The number of hydrogen-bond acceptors (Lipinski definition) is 4. The van der Waals surface area contributed by atoms with Gasteiger partial charge in [-0.25, -0.2) is 0 Å². The highest BCUT2D eigenvalue weighted by Crippen LogP contribution is 2.30. The van der Waals surface area contributed by atoms with E-state index in [2.05, 4.69) is 0 Å². The molecule has 0 aliphatic heterocycles. The number of nitrogens with zero attached hydrogens (tertiary/aromatic N) is 1. The maximum absolute atomic E-state index is 10.5. The molecule has 76 valence electrons. The van der Waals surface area contributed by atoms with E-state index in [1.165, 1.54) is 25.3 Å². The van der Waals surface area contributed by atoms with Gasteiger partial charge in [0.1, 0.15) is 0 Å². The number of hydrogen-bond donors (Lipinski definition) is 0. The van der Waals surface area contributed by atoms with Crippen molar-refractivity contribution in [3.8, 4) is 11.5 Å². The Labute approximate surface area is 81.4 Å². The summed E-state index contributed by atoms with van der Waals surface area (Å²) in [6, 6.07) is 4.24. The zero-order chi connectivity index (χ0) is 10.6. The van der Waals surface area contributed by atoms with Crippen molar-refractivity contribution in [3.05, 3.63) is 28.3 Å². The third kappa shape index (κ3) is 2.12. The molecule has 0 spiro atoms. The average molecular weight is 197 g/mol. The summed E-state index contributed by atoms with van der Waals surface area (Å²) in [5.41, 5.74) is -0.00532. The lowest BCUT2D eigenvalue weighted by Gasteiger charge is -2.07. The third-order valence-corrected chi connectivity index (χ3v) is 1.66. The van der Waals surface area contributed by atoms with E-state index in [1.54, 1.807) is 6.92 Å². The minimum atomic E-state index is -0.470. The molecule has 0 N–H and O–H groups in total. The number of rotatable bonds is 4. The zero-order valence-corrected chi connectivity index (χ0v) is 8.02. The predicted octanol–water partition coefficient (Wildman–Crippen LogP) is 2.00. The van der Waals surface area contributed by atoms with Crippen molar-refractivity contribution in [1.29, 1.82) is 0 Å². The van der Waals surface area contributed by atoms with Crippen LogP contribution in [0.2, 0.25) is 0 Å². The fraction of sp³-hybridized carbons (Fsp3) is 0.333. The molecular formula is C9H11NO4. The van der Waals surface area contributed by atoms with Gasteiger partial charge in [-0.05, 0) is 13.0 Å². The molecule has 0 aliphatic carbocycles. The van der Waals surface area contributed by atoms with Crippen LogP contribution in [0, 0.1) is 10.1 Å². The minimum Gasteiger partial charge on any atom is -0.493 e. The first kappa shape index (κ1) is 10.3. The highest BCUT2D eigenvalue weighted by Gasteiger charge is 2.11. The predicted molar refractivity (Wildman–Crippen MR) is 50.8 cm³/mol. The van der Waals surface area contributed by atoms with Crippen molar-refractivity contribution in [1.82, 2.24) is 0 Å².